The minimum atomic E-state index is 0.328. The SMILES string of the molecule is C=CCCCCCN(C)c1ccc(C(=C)C(C)c2ccccc2)cc1. The van der Waals surface area contributed by atoms with Crippen LogP contribution in [0.2, 0.25) is 0 Å². The molecule has 2 aromatic rings. The van der Waals surface area contributed by atoms with Gasteiger partial charge in [-0.25, -0.2) is 0 Å². The molecule has 1 atom stereocenters. The van der Waals surface area contributed by atoms with Gasteiger partial charge in [0.25, 0.3) is 0 Å². The predicted octanol–water partition coefficient (Wildman–Crippen LogP) is 6.69. The zero-order chi connectivity index (χ0) is 18.1. The summed E-state index contributed by atoms with van der Waals surface area (Å²) in [6, 6.07) is 19.4. The first-order valence-electron chi connectivity index (χ1n) is 9.29. The van der Waals surface area contributed by atoms with Crippen molar-refractivity contribution in [3.05, 3.63) is 85.0 Å². The van der Waals surface area contributed by atoms with E-state index < -0.39 is 0 Å². The van der Waals surface area contributed by atoms with Gasteiger partial charge in [0.05, 0.1) is 0 Å². The smallest absolute Gasteiger partial charge is 0.0364 e. The Bertz CT molecular complexity index is 654. The molecule has 25 heavy (non-hydrogen) atoms. The average molecular weight is 334 g/mol. The van der Waals surface area contributed by atoms with E-state index >= 15 is 0 Å². The monoisotopic (exact) mass is 333 g/mol. The maximum absolute atomic E-state index is 4.33. The van der Waals surface area contributed by atoms with Crippen molar-refractivity contribution >= 4 is 11.3 Å². The van der Waals surface area contributed by atoms with Gasteiger partial charge in [-0.3, -0.25) is 0 Å². The van der Waals surface area contributed by atoms with E-state index in [9.17, 15) is 0 Å². The first-order chi connectivity index (χ1) is 12.1. The number of rotatable bonds is 10. The lowest BCUT2D eigenvalue weighted by molar-refractivity contribution is 0.679. The van der Waals surface area contributed by atoms with Crippen LogP contribution in [-0.4, -0.2) is 13.6 Å². The molecule has 2 aromatic carbocycles. The highest BCUT2D eigenvalue weighted by Crippen LogP contribution is 2.31. The number of allylic oxidation sites excluding steroid dienone is 2. The van der Waals surface area contributed by atoms with Crippen molar-refractivity contribution < 1.29 is 0 Å². The molecule has 0 N–H and O–H groups in total. The van der Waals surface area contributed by atoms with E-state index in [4.69, 9.17) is 0 Å². The Kier molecular flexibility index (Phi) is 7.53. The number of hydrogen-bond acceptors (Lipinski definition) is 1. The standard InChI is InChI=1S/C24H31N/c1-5-6-7-8-12-19-25(4)24-17-15-23(16-18-24)21(3)20(2)22-13-10-9-11-14-22/h5,9-11,13-18,20H,1,3,6-8,12,19H2,2,4H3. The molecule has 1 unspecified atom stereocenters. The lowest BCUT2D eigenvalue weighted by Crippen LogP contribution is -2.18. The van der Waals surface area contributed by atoms with Crippen LogP contribution in [0.3, 0.4) is 0 Å². The lowest BCUT2D eigenvalue weighted by atomic mass is 9.89. The summed E-state index contributed by atoms with van der Waals surface area (Å²) in [6.07, 6.45) is 6.86. The number of benzene rings is 2. The summed E-state index contributed by atoms with van der Waals surface area (Å²) in [7, 11) is 2.17. The minimum absolute atomic E-state index is 0.328. The molecule has 0 saturated heterocycles. The molecule has 0 amide bonds. The van der Waals surface area contributed by atoms with Gasteiger partial charge in [0.15, 0.2) is 0 Å². The van der Waals surface area contributed by atoms with Gasteiger partial charge in [-0.2, -0.15) is 0 Å². The van der Waals surface area contributed by atoms with Gasteiger partial charge in [-0.05, 0) is 48.1 Å². The Hall–Kier alpha value is -2.28. The largest absolute Gasteiger partial charge is 0.375 e. The molecule has 0 spiro atoms. The van der Waals surface area contributed by atoms with Crippen molar-refractivity contribution in [2.24, 2.45) is 0 Å². The summed E-state index contributed by atoms with van der Waals surface area (Å²) < 4.78 is 0. The fourth-order valence-corrected chi connectivity index (χ4v) is 3.07. The maximum atomic E-state index is 4.33. The molecular formula is C24H31N. The molecule has 2 rings (SSSR count). The van der Waals surface area contributed by atoms with Crippen molar-refractivity contribution in [1.29, 1.82) is 0 Å². The van der Waals surface area contributed by atoms with Crippen molar-refractivity contribution in [3.8, 4) is 0 Å². The Balaban J connectivity index is 1.92. The van der Waals surface area contributed by atoms with Gasteiger partial charge in [-0.15, -0.1) is 6.58 Å². The van der Waals surface area contributed by atoms with Crippen molar-refractivity contribution in [1.82, 2.24) is 0 Å². The van der Waals surface area contributed by atoms with Crippen LogP contribution in [0.1, 0.15) is 49.7 Å². The van der Waals surface area contributed by atoms with Gasteiger partial charge >= 0.3 is 0 Å². The molecule has 0 saturated carbocycles. The normalized spacial score (nSPS) is 11.8. The van der Waals surface area contributed by atoms with Gasteiger partial charge in [0, 0.05) is 25.2 Å². The Labute approximate surface area is 153 Å². The Morgan fingerprint density at radius 2 is 1.68 bits per heavy atom. The van der Waals surface area contributed by atoms with E-state index in [1.165, 1.54) is 41.6 Å². The highest BCUT2D eigenvalue weighted by Gasteiger charge is 2.11. The third kappa shape index (κ3) is 5.63. The van der Waals surface area contributed by atoms with E-state index in [0.29, 0.717) is 5.92 Å². The van der Waals surface area contributed by atoms with Gasteiger partial charge < -0.3 is 4.90 Å². The summed E-state index contributed by atoms with van der Waals surface area (Å²) in [4.78, 5) is 2.33. The second kappa shape index (κ2) is 9.88. The van der Waals surface area contributed by atoms with Crippen molar-refractivity contribution in [2.75, 3.05) is 18.5 Å². The topological polar surface area (TPSA) is 3.24 Å². The number of anilines is 1. The van der Waals surface area contributed by atoms with Crippen LogP contribution < -0.4 is 4.90 Å². The molecule has 0 radical (unpaired) electrons. The number of hydrogen-bond donors (Lipinski definition) is 0. The van der Waals surface area contributed by atoms with Gasteiger partial charge in [0.2, 0.25) is 0 Å². The van der Waals surface area contributed by atoms with E-state index in [-0.39, 0.29) is 0 Å². The molecule has 0 fully saturated rings. The summed E-state index contributed by atoms with van der Waals surface area (Å²) in [5, 5.41) is 0. The molecule has 132 valence electrons. The van der Waals surface area contributed by atoms with Gasteiger partial charge in [0.1, 0.15) is 0 Å². The number of nitrogens with zero attached hydrogens (tertiary/aromatic N) is 1. The van der Waals surface area contributed by atoms with Crippen LogP contribution in [0.25, 0.3) is 5.57 Å². The fraction of sp³-hybridized carbons (Fsp3) is 0.333. The minimum Gasteiger partial charge on any atom is -0.375 e. The first-order valence-corrected chi connectivity index (χ1v) is 9.29. The third-order valence-electron chi connectivity index (χ3n) is 4.90. The highest BCUT2D eigenvalue weighted by atomic mass is 15.1. The predicted molar refractivity (Wildman–Crippen MR) is 112 cm³/mol. The van der Waals surface area contributed by atoms with Crippen LogP contribution >= 0.6 is 0 Å². The fourth-order valence-electron chi connectivity index (χ4n) is 3.07. The van der Waals surface area contributed by atoms with E-state index in [2.05, 4.69) is 86.6 Å². The van der Waals surface area contributed by atoms with E-state index in [1.54, 1.807) is 0 Å². The van der Waals surface area contributed by atoms with E-state index in [1.807, 2.05) is 6.08 Å². The number of unbranched alkanes of at least 4 members (excludes halogenated alkanes) is 3. The molecular weight excluding hydrogens is 302 g/mol. The summed E-state index contributed by atoms with van der Waals surface area (Å²) in [5.41, 5.74) is 4.98. The van der Waals surface area contributed by atoms with Crippen LogP contribution in [0.4, 0.5) is 5.69 Å². The second-order valence-electron chi connectivity index (χ2n) is 6.76. The molecule has 0 aliphatic carbocycles. The first kappa shape index (κ1) is 19.1. The molecule has 1 heteroatoms. The maximum Gasteiger partial charge on any atom is 0.0364 e. The van der Waals surface area contributed by atoms with E-state index in [0.717, 1.165) is 13.0 Å². The molecule has 0 aliphatic heterocycles. The molecule has 1 nitrogen and oxygen atoms in total. The van der Waals surface area contributed by atoms with Gasteiger partial charge in [-0.1, -0.05) is 68.5 Å². The third-order valence-corrected chi connectivity index (χ3v) is 4.90. The van der Waals surface area contributed by atoms with Crippen LogP contribution in [-0.2, 0) is 0 Å². The van der Waals surface area contributed by atoms with Crippen LogP contribution in [0.5, 0.6) is 0 Å². The Morgan fingerprint density at radius 3 is 2.32 bits per heavy atom. The van der Waals surface area contributed by atoms with Crippen LogP contribution in [0, 0.1) is 0 Å². The molecule has 0 aromatic heterocycles. The zero-order valence-corrected chi connectivity index (χ0v) is 15.7. The molecule has 0 heterocycles. The second-order valence-corrected chi connectivity index (χ2v) is 6.76. The quantitative estimate of drug-likeness (QED) is 0.346. The summed E-state index contributed by atoms with van der Waals surface area (Å²) >= 11 is 0. The molecule has 0 aliphatic rings. The van der Waals surface area contributed by atoms with Crippen molar-refractivity contribution in [2.45, 2.75) is 38.5 Å². The Morgan fingerprint density at radius 1 is 1.00 bits per heavy atom. The average Bonchev–Trinajstić information content (AvgIpc) is 2.67. The van der Waals surface area contributed by atoms with Crippen molar-refractivity contribution in [3.63, 3.8) is 0 Å². The zero-order valence-electron chi connectivity index (χ0n) is 15.7. The summed E-state index contributed by atoms with van der Waals surface area (Å²) in [5.74, 6) is 0.328. The highest BCUT2D eigenvalue weighted by molar-refractivity contribution is 5.70. The lowest BCUT2D eigenvalue weighted by Gasteiger charge is -2.21. The molecule has 0 bridgehead atoms. The summed E-state index contributed by atoms with van der Waals surface area (Å²) in [6.45, 7) is 11.4. The van der Waals surface area contributed by atoms with Crippen LogP contribution in [0.15, 0.2) is 73.8 Å².